The number of benzene rings is 3. The van der Waals surface area contributed by atoms with E-state index in [1.165, 1.54) is 12.1 Å². The van der Waals surface area contributed by atoms with Crippen LogP contribution < -0.4 is 10.9 Å². The van der Waals surface area contributed by atoms with Crippen LogP contribution in [-0.4, -0.2) is 154 Å². The molecule has 0 unspecified atom stereocenters. The summed E-state index contributed by atoms with van der Waals surface area (Å²) < 4.78 is 38.3. The molecule has 17 heteroatoms. The molecule has 0 spiro atoms. The Kier molecular flexibility index (Phi) is 15.5. The number of halogens is 2. The van der Waals surface area contributed by atoms with Gasteiger partial charge in [0, 0.05) is 94.0 Å². The maximum absolute atomic E-state index is 16.4. The molecule has 0 radical (unpaired) electrons. The molecule has 2 saturated carbocycles. The summed E-state index contributed by atoms with van der Waals surface area (Å²) in [6.07, 6.45) is 9.67. The molecular formula is C58H72F2N8O7. The van der Waals surface area contributed by atoms with Crippen molar-refractivity contribution in [1.29, 1.82) is 0 Å². The lowest BCUT2D eigenvalue weighted by molar-refractivity contribution is -0.141. The zero-order valence-electron chi connectivity index (χ0n) is 43.7. The lowest BCUT2D eigenvalue weighted by Gasteiger charge is -2.39. The zero-order valence-corrected chi connectivity index (χ0v) is 43.7. The standard InChI is InChI=1S/C58H72F2N8O7/c1-58(2,3)57(74)67-22-10-13-38(33-67)42-16-9-17-45(51(42)60)53(70)61-52(37-11-5-4-6-12-37)56(73)68-34-39-31-40(68)32-49(39)75-41-20-23-64(24-21-41)35-50(69)65-25-27-66(28-26-65)55(72)46-29-36(18-19-47(46)59)30-48-43-14-7-8-15-44(43)54(71)63-62-48/h7-9,14-19,29,37-41,49,52H,4-6,10-13,20-28,30-35H2,1-3H3,(H,61,70)(H,63,71)/t38-,39+,40+,49+,52-/m1/s1. The summed E-state index contributed by atoms with van der Waals surface area (Å²) in [7, 11) is 0. The molecule has 4 saturated heterocycles. The first-order chi connectivity index (χ1) is 36.1. The number of hydrogen-bond acceptors (Lipinski definition) is 9. The molecule has 6 aliphatic rings. The third kappa shape index (κ3) is 11.4. The Morgan fingerprint density at radius 1 is 0.773 bits per heavy atom. The van der Waals surface area contributed by atoms with Crippen LogP contribution in [0.5, 0.6) is 0 Å². The van der Waals surface area contributed by atoms with Crippen LogP contribution in [0.2, 0.25) is 0 Å². The molecule has 6 fully saturated rings. The van der Waals surface area contributed by atoms with E-state index in [1.807, 2.05) is 42.7 Å². The smallest absolute Gasteiger partial charge is 0.272 e. The van der Waals surface area contributed by atoms with E-state index >= 15 is 8.78 Å². The third-order valence-electron chi connectivity index (χ3n) is 17.1. The molecule has 4 aliphatic heterocycles. The fourth-order valence-corrected chi connectivity index (χ4v) is 12.9. The van der Waals surface area contributed by atoms with Gasteiger partial charge in [-0.25, -0.2) is 13.9 Å². The van der Waals surface area contributed by atoms with Crippen LogP contribution in [0.15, 0.2) is 65.5 Å². The summed E-state index contributed by atoms with van der Waals surface area (Å²) in [4.78, 5) is 90.6. The van der Waals surface area contributed by atoms with Crippen molar-refractivity contribution in [3.05, 3.63) is 111 Å². The van der Waals surface area contributed by atoms with Crippen LogP contribution in [0.1, 0.15) is 135 Å². The van der Waals surface area contributed by atoms with E-state index in [0.29, 0.717) is 79.8 Å². The number of amides is 5. The highest BCUT2D eigenvalue weighted by molar-refractivity contribution is 5.98. The van der Waals surface area contributed by atoms with Gasteiger partial charge in [0.2, 0.25) is 17.7 Å². The zero-order chi connectivity index (χ0) is 52.5. The molecule has 75 heavy (non-hydrogen) atoms. The minimum atomic E-state index is -0.748. The van der Waals surface area contributed by atoms with Crippen LogP contribution in [0.25, 0.3) is 10.8 Å². The predicted octanol–water partition coefficient (Wildman–Crippen LogP) is 6.68. The first-order valence-electron chi connectivity index (χ1n) is 27.5. The number of ether oxygens (including phenoxy) is 1. The number of fused-ring (bicyclic) bond motifs is 3. The quantitative estimate of drug-likeness (QED) is 0.157. The second kappa shape index (κ2) is 22.3. The van der Waals surface area contributed by atoms with Crippen molar-refractivity contribution < 1.29 is 37.5 Å². The Labute approximate surface area is 437 Å². The molecule has 2 bridgehead atoms. The van der Waals surface area contributed by atoms with E-state index in [-0.39, 0.29) is 90.0 Å². The largest absolute Gasteiger partial charge is 0.374 e. The van der Waals surface area contributed by atoms with E-state index in [2.05, 4.69) is 20.4 Å². The summed E-state index contributed by atoms with van der Waals surface area (Å²) in [5.41, 5.74) is 0.796. The Morgan fingerprint density at radius 3 is 2.23 bits per heavy atom. The second-order valence-corrected chi connectivity index (χ2v) is 23.1. The fraction of sp³-hybridized carbons (Fsp3) is 0.569. The molecule has 5 heterocycles. The highest BCUT2D eigenvalue weighted by atomic mass is 19.1. The maximum atomic E-state index is 16.4. The molecule has 10 rings (SSSR count). The molecule has 15 nitrogen and oxygen atoms in total. The van der Waals surface area contributed by atoms with E-state index in [1.54, 1.807) is 46.2 Å². The summed E-state index contributed by atoms with van der Waals surface area (Å²) in [5.74, 6) is -2.33. The lowest BCUT2D eigenvalue weighted by atomic mass is 9.82. The summed E-state index contributed by atoms with van der Waals surface area (Å²) in [6, 6.07) is 15.8. The maximum Gasteiger partial charge on any atom is 0.272 e. The van der Waals surface area contributed by atoms with E-state index in [9.17, 15) is 28.8 Å². The summed E-state index contributed by atoms with van der Waals surface area (Å²) >= 11 is 0. The minimum Gasteiger partial charge on any atom is -0.374 e. The molecule has 400 valence electrons. The van der Waals surface area contributed by atoms with Crippen molar-refractivity contribution in [2.24, 2.45) is 17.3 Å². The van der Waals surface area contributed by atoms with Gasteiger partial charge in [-0.3, -0.25) is 33.7 Å². The van der Waals surface area contributed by atoms with Crippen LogP contribution in [0.4, 0.5) is 8.78 Å². The highest BCUT2D eigenvalue weighted by Crippen LogP contribution is 2.42. The Bertz CT molecular complexity index is 2850. The molecule has 5 atom stereocenters. The first-order valence-corrected chi connectivity index (χ1v) is 27.5. The van der Waals surface area contributed by atoms with Gasteiger partial charge in [-0.2, -0.15) is 5.10 Å². The van der Waals surface area contributed by atoms with E-state index in [4.69, 9.17) is 4.74 Å². The topological polar surface area (TPSA) is 169 Å². The van der Waals surface area contributed by atoms with Gasteiger partial charge >= 0.3 is 0 Å². The van der Waals surface area contributed by atoms with Crippen LogP contribution in [0.3, 0.4) is 0 Å². The van der Waals surface area contributed by atoms with E-state index in [0.717, 1.165) is 70.6 Å². The Balaban J connectivity index is 0.681. The third-order valence-corrected chi connectivity index (χ3v) is 17.1. The number of nitrogens with one attached hydrogen (secondary N) is 2. The molecule has 1 aromatic heterocycles. The van der Waals surface area contributed by atoms with Crippen molar-refractivity contribution in [2.45, 2.75) is 128 Å². The van der Waals surface area contributed by atoms with Crippen molar-refractivity contribution in [1.82, 2.24) is 40.0 Å². The van der Waals surface area contributed by atoms with Gasteiger partial charge in [-0.05, 0) is 92.7 Å². The number of nitrogens with zero attached hydrogens (tertiary/aromatic N) is 6. The average molecular weight is 1030 g/mol. The van der Waals surface area contributed by atoms with Crippen molar-refractivity contribution in [3.63, 3.8) is 0 Å². The minimum absolute atomic E-state index is 0.00387. The van der Waals surface area contributed by atoms with Crippen molar-refractivity contribution in [3.8, 4) is 0 Å². The number of piperazine rings is 1. The number of carbonyl (C=O) groups excluding carboxylic acids is 5. The number of piperidine rings is 3. The van der Waals surface area contributed by atoms with Gasteiger partial charge in [0.1, 0.15) is 17.7 Å². The van der Waals surface area contributed by atoms with Gasteiger partial charge in [0.05, 0.1) is 41.0 Å². The second-order valence-electron chi connectivity index (χ2n) is 23.1. The number of rotatable bonds is 12. The summed E-state index contributed by atoms with van der Waals surface area (Å²) in [5, 5.41) is 11.0. The van der Waals surface area contributed by atoms with Crippen LogP contribution >= 0.6 is 0 Å². The highest BCUT2D eigenvalue weighted by Gasteiger charge is 2.50. The molecule has 2 N–H and O–H groups in total. The van der Waals surface area contributed by atoms with Crippen molar-refractivity contribution >= 4 is 40.3 Å². The number of H-pyrrole nitrogens is 1. The normalized spacial score (nSPS) is 23.4. The van der Waals surface area contributed by atoms with Gasteiger partial charge in [-0.15, -0.1) is 0 Å². The Hall–Kier alpha value is -6.07. The van der Waals surface area contributed by atoms with Crippen LogP contribution in [-0.2, 0) is 25.5 Å². The van der Waals surface area contributed by atoms with Gasteiger partial charge in [0.25, 0.3) is 17.4 Å². The SMILES string of the molecule is CC(C)(C)C(=O)N1CCC[C@@H](c2cccc(C(=O)N[C@@H](C(=O)N3C[C@@H]4C[C@H]3C[C@@H]4OC3CCN(CC(=O)N4CCN(C(=O)c5cc(Cc6n[nH]c(=O)c7ccccc67)ccc5F)CC4)CC3)C3CCCCC3)c2F)C1. The predicted molar refractivity (Wildman–Crippen MR) is 279 cm³/mol. The number of hydrogen-bond donors (Lipinski definition) is 2. The van der Waals surface area contributed by atoms with Crippen LogP contribution in [0, 0.1) is 28.9 Å². The number of aromatic amines is 1. The number of aromatic nitrogens is 2. The van der Waals surface area contributed by atoms with Gasteiger partial charge in [0.15, 0.2) is 0 Å². The Morgan fingerprint density at radius 2 is 1.51 bits per heavy atom. The first kappa shape index (κ1) is 52.4. The average Bonchev–Trinajstić information content (AvgIpc) is 4.03. The number of carbonyl (C=O) groups is 5. The van der Waals surface area contributed by atoms with E-state index < -0.39 is 34.9 Å². The number of likely N-dealkylation sites (tertiary alicyclic amines) is 3. The van der Waals surface area contributed by atoms with Gasteiger partial charge in [-0.1, -0.05) is 76.4 Å². The summed E-state index contributed by atoms with van der Waals surface area (Å²) in [6.45, 7) is 10.2. The molecule has 4 aromatic rings. The molecular weight excluding hydrogens is 959 g/mol. The molecule has 2 aliphatic carbocycles. The lowest BCUT2D eigenvalue weighted by Crippen LogP contribution is -2.55. The fourth-order valence-electron chi connectivity index (χ4n) is 12.9. The monoisotopic (exact) mass is 1030 g/mol. The molecule has 5 amide bonds. The van der Waals surface area contributed by atoms with Gasteiger partial charge < -0.3 is 29.7 Å². The van der Waals surface area contributed by atoms with Crippen molar-refractivity contribution in [2.75, 3.05) is 65.4 Å². The molecule has 3 aromatic carbocycles.